The summed E-state index contributed by atoms with van der Waals surface area (Å²) in [7, 11) is -2.71. The lowest BCUT2D eigenvalue weighted by Crippen LogP contribution is -2.31. The molecular formula is C9H18N2O2S. The Morgan fingerprint density at radius 3 is 2.64 bits per heavy atom. The first-order valence-electron chi connectivity index (χ1n) is 5.23. The van der Waals surface area contributed by atoms with Gasteiger partial charge in [-0.25, -0.2) is 8.42 Å². The van der Waals surface area contributed by atoms with Crippen molar-refractivity contribution in [2.24, 2.45) is 11.7 Å². The predicted octanol–water partition coefficient (Wildman–Crippen LogP) is -0.546. The lowest BCUT2D eigenvalue weighted by molar-refractivity contribution is 0.287. The number of nitrogens with two attached hydrogens (primary N) is 1. The zero-order valence-corrected chi connectivity index (χ0v) is 9.17. The van der Waals surface area contributed by atoms with Gasteiger partial charge in [0.25, 0.3) is 0 Å². The Hall–Kier alpha value is -0.130. The maximum absolute atomic E-state index is 11.2. The summed E-state index contributed by atoms with van der Waals surface area (Å²) in [5, 5.41) is 0. The highest BCUT2D eigenvalue weighted by atomic mass is 32.2. The van der Waals surface area contributed by atoms with Crippen molar-refractivity contribution >= 4 is 9.84 Å². The Labute approximate surface area is 85.4 Å². The molecule has 82 valence electrons. The second-order valence-electron chi connectivity index (χ2n) is 4.58. The Morgan fingerprint density at radius 2 is 2.14 bits per heavy atom. The van der Waals surface area contributed by atoms with Crippen molar-refractivity contribution in [2.75, 3.05) is 31.1 Å². The van der Waals surface area contributed by atoms with E-state index in [4.69, 9.17) is 5.73 Å². The highest BCUT2D eigenvalue weighted by molar-refractivity contribution is 7.91. The predicted molar refractivity (Wildman–Crippen MR) is 55.8 cm³/mol. The normalized spacial score (nSPS) is 37.8. The number of hydrogen-bond donors (Lipinski definition) is 1. The molecule has 2 saturated heterocycles. The van der Waals surface area contributed by atoms with Gasteiger partial charge in [-0.15, -0.1) is 0 Å². The maximum atomic E-state index is 11.2. The Kier molecular flexibility index (Phi) is 2.81. The fourth-order valence-corrected chi connectivity index (χ4v) is 4.26. The summed E-state index contributed by atoms with van der Waals surface area (Å²) in [5.41, 5.74) is 5.79. The first kappa shape index (κ1) is 10.4. The van der Waals surface area contributed by atoms with Gasteiger partial charge in [0.1, 0.15) is 0 Å². The molecule has 2 aliphatic rings. The number of sulfone groups is 1. The van der Waals surface area contributed by atoms with Crippen LogP contribution >= 0.6 is 0 Å². The summed E-state index contributed by atoms with van der Waals surface area (Å²) >= 11 is 0. The second kappa shape index (κ2) is 3.79. The highest BCUT2D eigenvalue weighted by Crippen LogP contribution is 2.21. The zero-order valence-electron chi connectivity index (χ0n) is 8.35. The standard InChI is InChI=1S/C9H18N2O2S/c10-9-1-3-11(6-9)5-8-2-4-14(12,13)7-8/h8-9H,1-7,10H2. The van der Waals surface area contributed by atoms with Crippen molar-refractivity contribution in [3.8, 4) is 0 Å². The molecule has 4 nitrogen and oxygen atoms in total. The van der Waals surface area contributed by atoms with Crippen LogP contribution in [-0.4, -0.2) is 50.5 Å². The van der Waals surface area contributed by atoms with Crippen LogP contribution in [0.15, 0.2) is 0 Å². The van der Waals surface area contributed by atoms with Crippen molar-refractivity contribution in [3.05, 3.63) is 0 Å². The average Bonchev–Trinajstić information content (AvgIpc) is 2.59. The summed E-state index contributed by atoms with van der Waals surface area (Å²) in [6.45, 7) is 2.90. The quantitative estimate of drug-likeness (QED) is 0.676. The molecule has 0 saturated carbocycles. The molecule has 0 amide bonds. The van der Waals surface area contributed by atoms with E-state index in [1.807, 2.05) is 0 Å². The van der Waals surface area contributed by atoms with Gasteiger partial charge < -0.3 is 10.6 Å². The third-order valence-corrected chi connectivity index (χ3v) is 4.99. The van der Waals surface area contributed by atoms with E-state index in [1.165, 1.54) is 0 Å². The Balaban J connectivity index is 1.82. The van der Waals surface area contributed by atoms with Crippen molar-refractivity contribution in [1.82, 2.24) is 4.90 Å². The fraction of sp³-hybridized carbons (Fsp3) is 1.00. The highest BCUT2D eigenvalue weighted by Gasteiger charge is 2.30. The molecule has 0 spiro atoms. The average molecular weight is 218 g/mol. The van der Waals surface area contributed by atoms with Gasteiger partial charge in [-0.2, -0.15) is 0 Å². The lowest BCUT2D eigenvalue weighted by Gasteiger charge is -2.18. The molecule has 0 aliphatic carbocycles. The molecule has 2 N–H and O–H groups in total. The van der Waals surface area contributed by atoms with Crippen LogP contribution in [0.2, 0.25) is 0 Å². The van der Waals surface area contributed by atoms with Crippen molar-refractivity contribution < 1.29 is 8.42 Å². The van der Waals surface area contributed by atoms with Crippen LogP contribution in [0.4, 0.5) is 0 Å². The van der Waals surface area contributed by atoms with E-state index in [0.29, 0.717) is 23.5 Å². The summed E-state index contributed by atoms with van der Waals surface area (Å²) < 4.78 is 22.5. The van der Waals surface area contributed by atoms with Crippen molar-refractivity contribution in [2.45, 2.75) is 18.9 Å². The van der Waals surface area contributed by atoms with E-state index >= 15 is 0 Å². The smallest absolute Gasteiger partial charge is 0.150 e. The van der Waals surface area contributed by atoms with Crippen LogP contribution in [0.3, 0.4) is 0 Å². The monoisotopic (exact) mass is 218 g/mol. The van der Waals surface area contributed by atoms with E-state index < -0.39 is 9.84 Å². The van der Waals surface area contributed by atoms with Gasteiger partial charge in [-0.05, 0) is 25.3 Å². The fourth-order valence-electron chi connectivity index (χ4n) is 2.41. The zero-order chi connectivity index (χ0) is 10.2. The van der Waals surface area contributed by atoms with Crippen LogP contribution < -0.4 is 5.73 Å². The summed E-state index contributed by atoms with van der Waals surface area (Å²) in [6.07, 6.45) is 1.90. The van der Waals surface area contributed by atoms with Gasteiger partial charge in [0.05, 0.1) is 11.5 Å². The Morgan fingerprint density at radius 1 is 1.36 bits per heavy atom. The van der Waals surface area contributed by atoms with Gasteiger partial charge >= 0.3 is 0 Å². The number of likely N-dealkylation sites (tertiary alicyclic amines) is 1. The number of hydrogen-bond acceptors (Lipinski definition) is 4. The first-order valence-corrected chi connectivity index (χ1v) is 7.06. The molecule has 2 heterocycles. The van der Waals surface area contributed by atoms with Gasteiger partial charge in [-0.3, -0.25) is 0 Å². The van der Waals surface area contributed by atoms with Crippen LogP contribution in [0, 0.1) is 5.92 Å². The van der Waals surface area contributed by atoms with E-state index in [0.717, 1.165) is 32.5 Å². The third kappa shape index (κ3) is 2.46. The lowest BCUT2D eigenvalue weighted by atomic mass is 10.1. The second-order valence-corrected chi connectivity index (χ2v) is 6.81. The van der Waals surface area contributed by atoms with Gasteiger partial charge in [-0.1, -0.05) is 0 Å². The molecule has 2 rings (SSSR count). The van der Waals surface area contributed by atoms with Crippen LogP contribution in [0.25, 0.3) is 0 Å². The SMILES string of the molecule is NC1CCN(CC2CCS(=O)(=O)C2)C1. The number of rotatable bonds is 2. The summed E-state index contributed by atoms with van der Waals surface area (Å²) in [4.78, 5) is 2.30. The van der Waals surface area contributed by atoms with Crippen molar-refractivity contribution in [1.29, 1.82) is 0 Å². The molecule has 0 aromatic rings. The molecular weight excluding hydrogens is 200 g/mol. The Bertz CT molecular complexity index is 302. The van der Waals surface area contributed by atoms with Gasteiger partial charge in [0.15, 0.2) is 9.84 Å². The molecule has 2 aliphatic heterocycles. The molecule has 0 aromatic carbocycles. The molecule has 14 heavy (non-hydrogen) atoms. The number of nitrogens with zero attached hydrogens (tertiary/aromatic N) is 1. The minimum absolute atomic E-state index is 0.299. The molecule has 5 heteroatoms. The third-order valence-electron chi connectivity index (χ3n) is 3.15. The van der Waals surface area contributed by atoms with E-state index in [9.17, 15) is 8.42 Å². The molecule has 0 bridgehead atoms. The molecule has 2 unspecified atom stereocenters. The van der Waals surface area contributed by atoms with E-state index in [1.54, 1.807) is 0 Å². The van der Waals surface area contributed by atoms with E-state index in [2.05, 4.69) is 4.90 Å². The van der Waals surface area contributed by atoms with E-state index in [-0.39, 0.29) is 0 Å². The topological polar surface area (TPSA) is 63.4 Å². The maximum Gasteiger partial charge on any atom is 0.150 e. The first-order chi connectivity index (χ1) is 6.55. The largest absolute Gasteiger partial charge is 0.326 e. The molecule has 0 aromatic heterocycles. The van der Waals surface area contributed by atoms with Gasteiger partial charge in [0.2, 0.25) is 0 Å². The van der Waals surface area contributed by atoms with Crippen LogP contribution in [0.5, 0.6) is 0 Å². The summed E-state index contributed by atoms with van der Waals surface area (Å²) in [5.74, 6) is 1.13. The van der Waals surface area contributed by atoms with Crippen LogP contribution in [-0.2, 0) is 9.84 Å². The molecule has 0 radical (unpaired) electrons. The summed E-state index contributed by atoms with van der Waals surface area (Å²) in [6, 6.07) is 0.299. The van der Waals surface area contributed by atoms with Crippen LogP contribution in [0.1, 0.15) is 12.8 Å². The minimum Gasteiger partial charge on any atom is -0.326 e. The molecule has 2 fully saturated rings. The van der Waals surface area contributed by atoms with Gasteiger partial charge in [0, 0.05) is 19.1 Å². The molecule has 2 atom stereocenters. The van der Waals surface area contributed by atoms with Crippen molar-refractivity contribution in [3.63, 3.8) is 0 Å². The minimum atomic E-state index is -2.71.